The van der Waals surface area contributed by atoms with Crippen molar-refractivity contribution in [2.75, 3.05) is 30.0 Å². The van der Waals surface area contributed by atoms with Crippen LogP contribution < -0.4 is 29.7 Å². The maximum absolute atomic E-state index is 13.6. The maximum Gasteiger partial charge on any atom is 0.335 e. The minimum atomic E-state index is -0.906. The number of urea groups is 1. The molecule has 0 atom stereocenters. The summed E-state index contributed by atoms with van der Waals surface area (Å²) in [6.45, 7) is 6.09. The number of ether oxygens (including phenoxy) is 3. The van der Waals surface area contributed by atoms with Crippen molar-refractivity contribution in [3.63, 3.8) is 0 Å². The van der Waals surface area contributed by atoms with E-state index >= 15 is 0 Å². The lowest BCUT2D eigenvalue weighted by molar-refractivity contribution is -0.122. The Morgan fingerprint density at radius 2 is 1.74 bits per heavy atom. The number of amides is 5. The first-order valence-electron chi connectivity index (χ1n) is 13.4. The summed E-state index contributed by atoms with van der Waals surface area (Å²) in [7, 11) is 0. The van der Waals surface area contributed by atoms with Gasteiger partial charge in [0.25, 0.3) is 17.7 Å². The molecule has 1 fully saturated rings. The van der Waals surface area contributed by atoms with Gasteiger partial charge in [-0.05, 0) is 78.2 Å². The zero-order valence-electron chi connectivity index (χ0n) is 23.7. The molecular formula is C31H29Br2N3O7. The third-order valence-electron chi connectivity index (χ3n) is 6.15. The van der Waals surface area contributed by atoms with Crippen molar-refractivity contribution in [3.05, 3.63) is 80.2 Å². The molecule has 0 saturated carbocycles. The standard InChI is InChI=1S/C31H29Br2N3O7/c1-4-12-42-25-11-10-21(16-26(25)41-5-2)36-30(39)22(29(38)35-31(36)40)14-19-13-20(32)15-23(33)28(19)43-17-27(37)34-24-9-7-6-8-18(24)3/h6-11,13-16H,4-5,12,17H2,1-3H3,(H,34,37)(H,35,38,40)/b22-14+. The van der Waals surface area contributed by atoms with E-state index < -0.39 is 23.8 Å². The van der Waals surface area contributed by atoms with Crippen molar-refractivity contribution in [2.24, 2.45) is 0 Å². The lowest BCUT2D eigenvalue weighted by Gasteiger charge is -2.27. The number of rotatable bonds is 11. The average molecular weight is 715 g/mol. The Balaban J connectivity index is 1.64. The fourth-order valence-corrected chi connectivity index (χ4v) is 5.53. The van der Waals surface area contributed by atoms with Gasteiger partial charge in [-0.2, -0.15) is 0 Å². The van der Waals surface area contributed by atoms with Gasteiger partial charge in [0.05, 0.1) is 23.4 Å². The summed E-state index contributed by atoms with van der Waals surface area (Å²) in [5, 5.41) is 5.02. The Morgan fingerprint density at radius 1 is 0.977 bits per heavy atom. The predicted octanol–water partition coefficient (Wildman–Crippen LogP) is 6.39. The first kappa shape index (κ1) is 31.8. The number of carbonyl (C=O) groups is 4. The minimum absolute atomic E-state index is 0.188. The highest BCUT2D eigenvalue weighted by Crippen LogP contribution is 2.36. The highest BCUT2D eigenvalue weighted by Gasteiger charge is 2.37. The van der Waals surface area contributed by atoms with Gasteiger partial charge in [-0.25, -0.2) is 9.69 Å². The molecular weight excluding hydrogens is 686 g/mol. The van der Waals surface area contributed by atoms with Crippen LogP contribution in [-0.2, 0) is 14.4 Å². The number of anilines is 2. The molecule has 1 saturated heterocycles. The number of aryl methyl sites for hydroxylation is 1. The van der Waals surface area contributed by atoms with E-state index in [4.69, 9.17) is 14.2 Å². The van der Waals surface area contributed by atoms with E-state index in [1.807, 2.05) is 32.0 Å². The fourth-order valence-electron chi connectivity index (χ4n) is 4.16. The van der Waals surface area contributed by atoms with Crippen LogP contribution in [0, 0.1) is 6.92 Å². The molecule has 0 spiro atoms. The van der Waals surface area contributed by atoms with Crippen LogP contribution in [0.2, 0.25) is 0 Å². The quantitative estimate of drug-likeness (QED) is 0.174. The number of halogens is 2. The van der Waals surface area contributed by atoms with E-state index in [0.29, 0.717) is 44.9 Å². The summed E-state index contributed by atoms with van der Waals surface area (Å²) in [5.41, 5.74) is 1.73. The van der Waals surface area contributed by atoms with Gasteiger partial charge in [-0.1, -0.05) is 41.1 Å². The maximum atomic E-state index is 13.6. The van der Waals surface area contributed by atoms with Crippen molar-refractivity contribution in [3.8, 4) is 17.2 Å². The van der Waals surface area contributed by atoms with Gasteiger partial charge in [0, 0.05) is 21.8 Å². The molecule has 0 bridgehead atoms. The summed E-state index contributed by atoms with van der Waals surface area (Å²) in [6, 6.07) is 14.4. The van der Waals surface area contributed by atoms with Crippen molar-refractivity contribution in [2.45, 2.75) is 27.2 Å². The van der Waals surface area contributed by atoms with Gasteiger partial charge in [0.2, 0.25) is 0 Å². The highest BCUT2D eigenvalue weighted by atomic mass is 79.9. The number of benzene rings is 3. The molecule has 224 valence electrons. The second kappa shape index (κ2) is 14.3. The van der Waals surface area contributed by atoms with Crippen LogP contribution >= 0.6 is 31.9 Å². The molecule has 3 aromatic carbocycles. The molecule has 0 radical (unpaired) electrons. The molecule has 43 heavy (non-hydrogen) atoms. The smallest absolute Gasteiger partial charge is 0.335 e. The molecule has 0 aromatic heterocycles. The van der Waals surface area contributed by atoms with E-state index in [0.717, 1.165) is 16.9 Å². The monoisotopic (exact) mass is 713 g/mol. The zero-order chi connectivity index (χ0) is 31.1. The van der Waals surface area contributed by atoms with Crippen molar-refractivity contribution < 1.29 is 33.4 Å². The third-order valence-corrected chi connectivity index (χ3v) is 7.20. The minimum Gasteiger partial charge on any atom is -0.490 e. The summed E-state index contributed by atoms with van der Waals surface area (Å²) in [6.07, 6.45) is 2.09. The number of nitrogens with zero attached hydrogens (tertiary/aromatic N) is 1. The molecule has 5 amide bonds. The van der Waals surface area contributed by atoms with Gasteiger partial charge in [0.1, 0.15) is 11.3 Å². The second-order valence-electron chi connectivity index (χ2n) is 9.33. The van der Waals surface area contributed by atoms with Gasteiger partial charge < -0.3 is 19.5 Å². The molecule has 10 nitrogen and oxygen atoms in total. The van der Waals surface area contributed by atoms with Gasteiger partial charge >= 0.3 is 6.03 Å². The molecule has 1 aliphatic rings. The molecule has 3 aromatic rings. The number of hydrogen-bond acceptors (Lipinski definition) is 7. The Labute approximate surface area is 265 Å². The topological polar surface area (TPSA) is 123 Å². The van der Waals surface area contributed by atoms with Gasteiger partial charge in [-0.3, -0.25) is 19.7 Å². The van der Waals surface area contributed by atoms with Gasteiger partial charge in [0.15, 0.2) is 18.1 Å². The summed E-state index contributed by atoms with van der Waals surface area (Å²) in [4.78, 5) is 52.9. The summed E-state index contributed by atoms with van der Waals surface area (Å²) >= 11 is 6.85. The SMILES string of the molecule is CCCOc1ccc(N2C(=O)NC(=O)/C(=C\c3cc(Br)cc(Br)c3OCC(=O)Nc3ccccc3C)C2=O)cc1OCC. The molecule has 12 heteroatoms. The largest absolute Gasteiger partial charge is 0.490 e. The van der Waals surface area contributed by atoms with Crippen LogP contribution in [0.25, 0.3) is 6.08 Å². The highest BCUT2D eigenvalue weighted by molar-refractivity contribution is 9.11. The zero-order valence-corrected chi connectivity index (χ0v) is 26.8. The number of nitrogens with one attached hydrogen (secondary N) is 2. The fraction of sp³-hybridized carbons (Fsp3) is 0.226. The number of carbonyl (C=O) groups excluding carboxylic acids is 4. The first-order valence-corrected chi connectivity index (χ1v) is 15.0. The Hall–Kier alpha value is -4.16. The molecule has 1 heterocycles. The Kier molecular flexibility index (Phi) is 10.6. The lowest BCUT2D eigenvalue weighted by Crippen LogP contribution is -2.54. The number of para-hydroxylation sites is 1. The average Bonchev–Trinajstić information content (AvgIpc) is 2.95. The second-order valence-corrected chi connectivity index (χ2v) is 11.1. The summed E-state index contributed by atoms with van der Waals surface area (Å²) in [5.74, 6) is -1.09. The van der Waals surface area contributed by atoms with E-state index in [1.165, 1.54) is 18.2 Å². The molecule has 0 unspecified atom stereocenters. The molecule has 4 rings (SSSR count). The van der Waals surface area contributed by atoms with Crippen molar-refractivity contribution in [1.82, 2.24) is 5.32 Å². The predicted molar refractivity (Wildman–Crippen MR) is 170 cm³/mol. The lowest BCUT2D eigenvalue weighted by atomic mass is 10.1. The van der Waals surface area contributed by atoms with Crippen LogP contribution in [-0.4, -0.2) is 43.6 Å². The van der Waals surface area contributed by atoms with Crippen LogP contribution in [0.1, 0.15) is 31.4 Å². The van der Waals surface area contributed by atoms with Crippen LogP contribution in [0.3, 0.4) is 0 Å². The number of imide groups is 2. The van der Waals surface area contributed by atoms with Crippen molar-refractivity contribution >= 4 is 73.1 Å². The number of hydrogen-bond donors (Lipinski definition) is 2. The third kappa shape index (κ3) is 7.63. The van der Waals surface area contributed by atoms with E-state index in [9.17, 15) is 19.2 Å². The first-order chi connectivity index (χ1) is 20.6. The molecule has 2 N–H and O–H groups in total. The molecule has 0 aliphatic carbocycles. The van der Waals surface area contributed by atoms with Crippen LogP contribution in [0.4, 0.5) is 16.2 Å². The normalized spacial score (nSPS) is 14.0. The van der Waals surface area contributed by atoms with Crippen molar-refractivity contribution in [1.29, 1.82) is 0 Å². The van der Waals surface area contributed by atoms with E-state index in [1.54, 1.807) is 31.2 Å². The Morgan fingerprint density at radius 3 is 2.47 bits per heavy atom. The number of barbiturate groups is 1. The van der Waals surface area contributed by atoms with Gasteiger partial charge in [-0.15, -0.1) is 0 Å². The summed E-state index contributed by atoms with van der Waals surface area (Å²) < 4.78 is 18.3. The van der Waals surface area contributed by atoms with Crippen LogP contribution in [0.5, 0.6) is 17.2 Å². The Bertz CT molecular complexity index is 1610. The van der Waals surface area contributed by atoms with Crippen LogP contribution in [0.15, 0.2) is 69.1 Å². The van der Waals surface area contributed by atoms with E-state index in [2.05, 4.69) is 42.5 Å². The van der Waals surface area contributed by atoms with E-state index in [-0.39, 0.29) is 23.6 Å². The molecule has 1 aliphatic heterocycles.